The van der Waals surface area contributed by atoms with Crippen LogP contribution in [0.25, 0.3) is 0 Å². The van der Waals surface area contributed by atoms with E-state index in [2.05, 4.69) is 83.5 Å². The SMILES string of the molecule is C[Si](C)(C)OC[C@H]1O[C@H](N2CCOCC2)[C@@H](O[Si](C)(C)C)[C@@H](O[Si](C)(C)C)[C@@H]1O[Si](C)(C)C. The summed E-state index contributed by atoms with van der Waals surface area (Å²) < 4.78 is 39.6. The summed E-state index contributed by atoms with van der Waals surface area (Å²) in [4.78, 5) is 2.38. The summed E-state index contributed by atoms with van der Waals surface area (Å²) in [6, 6.07) is 0. The van der Waals surface area contributed by atoms with Crippen LogP contribution in [0.4, 0.5) is 0 Å². The maximum Gasteiger partial charge on any atom is 0.184 e. The van der Waals surface area contributed by atoms with Gasteiger partial charge in [0.05, 0.1) is 19.8 Å². The van der Waals surface area contributed by atoms with Crippen molar-refractivity contribution in [2.24, 2.45) is 0 Å². The van der Waals surface area contributed by atoms with Gasteiger partial charge >= 0.3 is 0 Å². The van der Waals surface area contributed by atoms with Gasteiger partial charge in [-0.1, -0.05) is 0 Å². The quantitative estimate of drug-likeness (QED) is 0.379. The number of ether oxygens (including phenoxy) is 2. The molecule has 0 N–H and O–H groups in total. The van der Waals surface area contributed by atoms with Gasteiger partial charge in [0.15, 0.2) is 33.3 Å². The molecule has 5 atom stereocenters. The second kappa shape index (κ2) is 11.3. The Balaban J connectivity index is 2.50. The summed E-state index contributed by atoms with van der Waals surface area (Å²) in [6.45, 7) is 30.4. The molecular weight excluding hydrogens is 487 g/mol. The first-order valence-corrected chi connectivity index (χ1v) is 26.1. The molecule has 33 heavy (non-hydrogen) atoms. The van der Waals surface area contributed by atoms with Gasteiger partial charge in [0.25, 0.3) is 0 Å². The Hall–Kier alpha value is 0.588. The van der Waals surface area contributed by atoms with Crippen LogP contribution in [0.1, 0.15) is 0 Å². The molecule has 2 heterocycles. The van der Waals surface area contributed by atoms with Crippen molar-refractivity contribution >= 4 is 33.3 Å². The predicted molar refractivity (Wildman–Crippen MR) is 145 cm³/mol. The summed E-state index contributed by atoms with van der Waals surface area (Å²) in [5, 5.41) is 0. The smallest absolute Gasteiger partial charge is 0.184 e. The lowest BCUT2D eigenvalue weighted by Gasteiger charge is -2.53. The van der Waals surface area contributed by atoms with Crippen molar-refractivity contribution in [1.82, 2.24) is 4.90 Å². The molecule has 0 radical (unpaired) electrons. The van der Waals surface area contributed by atoms with Gasteiger partial charge in [-0.25, -0.2) is 0 Å². The molecule has 0 aliphatic carbocycles. The largest absolute Gasteiger partial charge is 0.415 e. The zero-order valence-corrected chi connectivity index (χ0v) is 27.3. The molecule has 0 saturated carbocycles. The van der Waals surface area contributed by atoms with Gasteiger partial charge in [-0.2, -0.15) is 0 Å². The van der Waals surface area contributed by atoms with Gasteiger partial charge in [-0.3, -0.25) is 4.90 Å². The summed E-state index contributed by atoms with van der Waals surface area (Å²) in [5.41, 5.74) is 0. The first kappa shape index (κ1) is 29.8. The second-order valence-electron chi connectivity index (χ2n) is 13.2. The molecule has 0 aromatic heterocycles. The van der Waals surface area contributed by atoms with Gasteiger partial charge in [-0.15, -0.1) is 0 Å². The van der Waals surface area contributed by atoms with E-state index >= 15 is 0 Å². The van der Waals surface area contributed by atoms with Crippen LogP contribution >= 0.6 is 0 Å². The highest BCUT2D eigenvalue weighted by atomic mass is 28.4. The predicted octanol–water partition coefficient (Wildman–Crippen LogP) is 4.56. The van der Waals surface area contributed by atoms with Crippen molar-refractivity contribution in [3.63, 3.8) is 0 Å². The molecule has 11 heteroatoms. The number of hydrogen-bond acceptors (Lipinski definition) is 7. The van der Waals surface area contributed by atoms with E-state index in [4.69, 9.17) is 27.2 Å². The molecule has 196 valence electrons. The van der Waals surface area contributed by atoms with Crippen LogP contribution in [0.5, 0.6) is 0 Å². The van der Waals surface area contributed by atoms with Crippen LogP contribution in [0.2, 0.25) is 78.6 Å². The highest BCUT2D eigenvalue weighted by Gasteiger charge is 2.53. The summed E-state index contributed by atoms with van der Waals surface area (Å²) >= 11 is 0. The normalized spacial score (nSPS) is 31.1. The van der Waals surface area contributed by atoms with Crippen LogP contribution in [0, 0.1) is 0 Å². The number of rotatable bonds is 10. The lowest BCUT2D eigenvalue weighted by Crippen LogP contribution is -2.69. The Morgan fingerprint density at radius 1 is 0.636 bits per heavy atom. The van der Waals surface area contributed by atoms with E-state index < -0.39 is 33.3 Å². The van der Waals surface area contributed by atoms with Gasteiger partial charge < -0.3 is 27.2 Å². The zero-order chi connectivity index (χ0) is 25.2. The Morgan fingerprint density at radius 3 is 1.55 bits per heavy atom. The van der Waals surface area contributed by atoms with Crippen LogP contribution in [0.15, 0.2) is 0 Å². The Morgan fingerprint density at radius 2 is 1.09 bits per heavy atom. The topological polar surface area (TPSA) is 58.6 Å². The molecule has 2 aliphatic rings. The van der Waals surface area contributed by atoms with Crippen molar-refractivity contribution in [1.29, 1.82) is 0 Å². The number of nitrogens with zero attached hydrogens (tertiary/aromatic N) is 1. The van der Waals surface area contributed by atoms with Crippen molar-refractivity contribution in [2.75, 3.05) is 32.9 Å². The second-order valence-corrected chi connectivity index (χ2v) is 31.1. The molecule has 7 nitrogen and oxygen atoms in total. The van der Waals surface area contributed by atoms with E-state index in [1.54, 1.807) is 0 Å². The zero-order valence-electron chi connectivity index (χ0n) is 23.3. The lowest BCUT2D eigenvalue weighted by molar-refractivity contribution is -0.258. The molecule has 2 fully saturated rings. The maximum atomic E-state index is 6.93. The van der Waals surface area contributed by atoms with Crippen LogP contribution in [-0.4, -0.2) is 102 Å². The van der Waals surface area contributed by atoms with E-state index in [1.165, 1.54) is 0 Å². The van der Waals surface area contributed by atoms with Crippen molar-refractivity contribution < 1.29 is 27.2 Å². The van der Waals surface area contributed by atoms with Crippen LogP contribution in [0.3, 0.4) is 0 Å². The minimum atomic E-state index is -1.91. The molecular formula is C22H51NO6Si4. The maximum absolute atomic E-state index is 6.93. The van der Waals surface area contributed by atoms with E-state index in [-0.39, 0.29) is 30.6 Å². The Bertz CT molecular complexity index is 608. The first-order valence-electron chi connectivity index (χ1n) is 12.5. The minimum Gasteiger partial charge on any atom is -0.415 e. The van der Waals surface area contributed by atoms with Gasteiger partial charge in [0.1, 0.15) is 30.6 Å². The summed E-state index contributed by atoms with van der Waals surface area (Å²) in [6.07, 6.45) is -0.992. The molecule has 2 rings (SSSR count). The van der Waals surface area contributed by atoms with Gasteiger partial charge in [-0.05, 0) is 78.6 Å². The van der Waals surface area contributed by atoms with Crippen LogP contribution < -0.4 is 0 Å². The van der Waals surface area contributed by atoms with E-state index in [0.717, 1.165) is 13.1 Å². The molecule has 0 unspecified atom stereocenters. The third kappa shape index (κ3) is 10.6. The Labute approximate surface area is 207 Å². The average Bonchev–Trinajstić information content (AvgIpc) is 2.60. The van der Waals surface area contributed by atoms with Crippen molar-refractivity contribution in [3.05, 3.63) is 0 Å². The third-order valence-electron chi connectivity index (χ3n) is 5.16. The van der Waals surface area contributed by atoms with E-state index in [0.29, 0.717) is 19.8 Å². The fourth-order valence-corrected chi connectivity index (χ4v) is 8.03. The summed E-state index contributed by atoms with van der Waals surface area (Å²) in [7, 11) is -7.43. The van der Waals surface area contributed by atoms with Gasteiger partial charge in [0, 0.05) is 13.1 Å². The average molecular weight is 538 g/mol. The van der Waals surface area contributed by atoms with Crippen LogP contribution in [-0.2, 0) is 27.2 Å². The molecule has 2 aliphatic heterocycles. The molecule has 0 aromatic carbocycles. The fraction of sp³-hybridized carbons (Fsp3) is 1.00. The van der Waals surface area contributed by atoms with E-state index in [1.807, 2.05) is 0 Å². The van der Waals surface area contributed by atoms with Crippen molar-refractivity contribution in [2.45, 2.75) is 109 Å². The van der Waals surface area contributed by atoms with Crippen molar-refractivity contribution in [3.8, 4) is 0 Å². The van der Waals surface area contributed by atoms with E-state index in [9.17, 15) is 0 Å². The summed E-state index contributed by atoms with van der Waals surface area (Å²) in [5.74, 6) is 0. The molecule has 0 amide bonds. The number of morpholine rings is 1. The highest BCUT2D eigenvalue weighted by molar-refractivity contribution is 6.71. The fourth-order valence-electron chi connectivity index (χ4n) is 4.11. The minimum absolute atomic E-state index is 0.188. The standard InChI is InChI=1S/C22H51NO6Si4/c1-30(2,3)25-17-18-19(27-31(4,5)6)20(28-32(7,8)9)21(29-33(10,11)12)22(26-18)23-13-15-24-16-14-23/h18-22H,13-17H2,1-12H3/t18-,19-,20+,21+,22+/m1/s1. The first-order chi connectivity index (χ1) is 14.8. The Kier molecular flexibility index (Phi) is 10.2. The number of hydrogen-bond donors (Lipinski definition) is 0. The lowest BCUT2D eigenvalue weighted by atomic mass is 9.97. The monoisotopic (exact) mass is 537 g/mol. The molecule has 0 spiro atoms. The molecule has 2 saturated heterocycles. The van der Waals surface area contributed by atoms with Gasteiger partial charge in [0.2, 0.25) is 0 Å². The molecule has 0 bridgehead atoms. The highest BCUT2D eigenvalue weighted by Crippen LogP contribution is 2.35. The third-order valence-corrected chi connectivity index (χ3v) is 9.13. The molecule has 0 aromatic rings.